The fourth-order valence-electron chi connectivity index (χ4n) is 2.75. The highest BCUT2D eigenvalue weighted by atomic mass is 32.2. The topological polar surface area (TPSA) is 158 Å². The summed E-state index contributed by atoms with van der Waals surface area (Å²) in [7, 11) is -3.83. The Hall–Kier alpha value is -2.11. The average Bonchev–Trinajstić information content (AvgIpc) is 2.48. The third-order valence-corrected chi connectivity index (χ3v) is 5.27. The van der Waals surface area contributed by atoms with Gasteiger partial charge in [0.2, 0.25) is 10.0 Å². The zero-order valence-corrected chi connectivity index (χ0v) is 13.6. The molecule has 2 rings (SSSR count). The van der Waals surface area contributed by atoms with Crippen LogP contribution in [0.25, 0.3) is 0 Å². The molecule has 10 nitrogen and oxygen atoms in total. The molecule has 1 aliphatic carbocycles. The Morgan fingerprint density at radius 2 is 1.62 bits per heavy atom. The van der Waals surface area contributed by atoms with Crippen LogP contribution in [-0.4, -0.2) is 30.3 Å². The van der Waals surface area contributed by atoms with Crippen LogP contribution in [0, 0.1) is 20.2 Å². The van der Waals surface area contributed by atoms with Crippen molar-refractivity contribution in [2.24, 2.45) is 5.73 Å². The molecule has 3 N–H and O–H groups in total. The third-order valence-electron chi connectivity index (χ3n) is 3.89. The summed E-state index contributed by atoms with van der Waals surface area (Å²) in [6.07, 6.45) is 3.14. The molecule has 11 heteroatoms. The van der Waals surface area contributed by atoms with Gasteiger partial charge in [0.15, 0.2) is 0 Å². The first-order valence-electron chi connectivity index (χ1n) is 7.36. The molecule has 0 spiro atoms. The van der Waals surface area contributed by atoms with Gasteiger partial charge in [-0.15, -0.1) is 0 Å². The van der Waals surface area contributed by atoms with Gasteiger partial charge in [-0.05, 0) is 18.4 Å². The van der Waals surface area contributed by atoms with Gasteiger partial charge in [0, 0.05) is 24.2 Å². The second-order valence-corrected chi connectivity index (χ2v) is 7.56. The van der Waals surface area contributed by atoms with Gasteiger partial charge >= 0.3 is 0 Å². The van der Waals surface area contributed by atoms with E-state index in [-0.39, 0.29) is 11.6 Å². The fourth-order valence-corrected chi connectivity index (χ4v) is 4.19. The summed E-state index contributed by atoms with van der Waals surface area (Å²) in [5, 5.41) is 21.7. The van der Waals surface area contributed by atoms with Crippen LogP contribution in [-0.2, 0) is 15.8 Å². The van der Waals surface area contributed by atoms with E-state index >= 15 is 0 Å². The molecule has 0 bridgehead atoms. The number of nitrogens with one attached hydrogen (secondary N) is 1. The Labute approximate surface area is 138 Å². The van der Waals surface area contributed by atoms with E-state index in [9.17, 15) is 28.6 Å². The highest BCUT2D eigenvalue weighted by Gasteiger charge is 2.27. The Morgan fingerprint density at radius 1 is 1.08 bits per heavy atom. The van der Waals surface area contributed by atoms with Crippen molar-refractivity contribution in [2.45, 2.75) is 43.5 Å². The standard InChI is InChI=1S/C13H18N4O6S/c14-12-3-1-2-4-13(12)15-24(22,23)8-9-5-10(16(18)19)7-11(6-9)17(20)21/h5-7,12-13,15H,1-4,8,14H2. The molecular formula is C13H18N4O6S. The summed E-state index contributed by atoms with van der Waals surface area (Å²) in [5.41, 5.74) is 4.83. The maximum Gasteiger partial charge on any atom is 0.276 e. The van der Waals surface area contributed by atoms with Gasteiger partial charge in [-0.1, -0.05) is 12.8 Å². The van der Waals surface area contributed by atoms with Crippen LogP contribution < -0.4 is 10.5 Å². The first kappa shape index (κ1) is 18.2. The van der Waals surface area contributed by atoms with E-state index in [0.29, 0.717) is 6.42 Å². The SMILES string of the molecule is NC1CCCCC1NS(=O)(=O)Cc1cc([N+](=O)[O-])cc([N+](=O)[O-])c1. The third kappa shape index (κ3) is 4.69. The molecule has 0 aromatic heterocycles. The maximum atomic E-state index is 12.3. The minimum absolute atomic E-state index is 0.0206. The smallest absolute Gasteiger partial charge is 0.276 e. The summed E-state index contributed by atoms with van der Waals surface area (Å²) in [5.74, 6) is -0.585. The van der Waals surface area contributed by atoms with Gasteiger partial charge in [-0.3, -0.25) is 20.2 Å². The Balaban J connectivity index is 2.22. The molecule has 0 aliphatic heterocycles. The Kier molecular flexibility index (Phi) is 5.47. The number of hydrogen-bond donors (Lipinski definition) is 2. The fraction of sp³-hybridized carbons (Fsp3) is 0.538. The molecule has 1 aliphatic rings. The van der Waals surface area contributed by atoms with Crippen LogP contribution in [0.15, 0.2) is 18.2 Å². The van der Waals surface area contributed by atoms with Crippen LogP contribution in [0.4, 0.5) is 11.4 Å². The molecule has 24 heavy (non-hydrogen) atoms. The van der Waals surface area contributed by atoms with E-state index in [2.05, 4.69) is 4.72 Å². The summed E-state index contributed by atoms with van der Waals surface area (Å²) < 4.78 is 27.0. The van der Waals surface area contributed by atoms with Crippen molar-refractivity contribution >= 4 is 21.4 Å². The molecule has 2 unspecified atom stereocenters. The molecule has 1 aromatic rings. The minimum atomic E-state index is -3.83. The number of sulfonamides is 1. The molecule has 0 radical (unpaired) electrons. The van der Waals surface area contributed by atoms with E-state index in [1.54, 1.807) is 0 Å². The number of rotatable bonds is 6. The molecule has 132 valence electrons. The van der Waals surface area contributed by atoms with Crippen molar-refractivity contribution in [3.63, 3.8) is 0 Å². The molecule has 1 aromatic carbocycles. The summed E-state index contributed by atoms with van der Waals surface area (Å²) in [6, 6.07) is 2.16. The molecular weight excluding hydrogens is 340 g/mol. The second-order valence-electron chi connectivity index (χ2n) is 5.80. The summed E-state index contributed by atoms with van der Waals surface area (Å²) in [4.78, 5) is 20.1. The predicted octanol–water partition coefficient (Wildman–Crippen LogP) is 1.19. The Morgan fingerprint density at radius 3 is 2.12 bits per heavy atom. The van der Waals surface area contributed by atoms with E-state index in [1.165, 1.54) is 0 Å². The van der Waals surface area contributed by atoms with Crippen LogP contribution in [0.5, 0.6) is 0 Å². The van der Waals surface area contributed by atoms with E-state index in [4.69, 9.17) is 5.73 Å². The molecule has 0 saturated heterocycles. The lowest BCUT2D eigenvalue weighted by Crippen LogP contribution is -2.49. The first-order chi connectivity index (χ1) is 11.2. The largest absolute Gasteiger partial charge is 0.326 e. The zero-order chi connectivity index (χ0) is 17.9. The molecule has 2 atom stereocenters. The quantitative estimate of drug-likeness (QED) is 0.570. The van der Waals surface area contributed by atoms with E-state index < -0.39 is 43.0 Å². The first-order valence-corrected chi connectivity index (χ1v) is 9.01. The Bertz CT molecular complexity index is 719. The number of hydrogen-bond acceptors (Lipinski definition) is 7. The van der Waals surface area contributed by atoms with Crippen molar-refractivity contribution in [1.29, 1.82) is 0 Å². The number of nitrogens with zero attached hydrogens (tertiary/aromatic N) is 2. The highest BCUT2D eigenvalue weighted by Crippen LogP contribution is 2.24. The normalized spacial score (nSPS) is 21.4. The van der Waals surface area contributed by atoms with Gasteiger partial charge in [-0.25, -0.2) is 13.1 Å². The van der Waals surface area contributed by atoms with Gasteiger partial charge in [0.05, 0.1) is 21.7 Å². The van der Waals surface area contributed by atoms with Crippen LogP contribution in [0.3, 0.4) is 0 Å². The van der Waals surface area contributed by atoms with Crippen molar-refractivity contribution in [1.82, 2.24) is 4.72 Å². The molecule has 1 saturated carbocycles. The van der Waals surface area contributed by atoms with E-state index in [1.807, 2.05) is 0 Å². The van der Waals surface area contributed by atoms with Crippen molar-refractivity contribution in [2.75, 3.05) is 0 Å². The highest BCUT2D eigenvalue weighted by molar-refractivity contribution is 7.88. The number of benzene rings is 1. The number of nitro groups is 2. The van der Waals surface area contributed by atoms with Gasteiger partial charge in [-0.2, -0.15) is 0 Å². The van der Waals surface area contributed by atoms with E-state index in [0.717, 1.165) is 37.5 Å². The van der Waals surface area contributed by atoms with Crippen molar-refractivity contribution < 1.29 is 18.3 Å². The number of nitrogens with two attached hydrogens (primary N) is 1. The molecule has 0 heterocycles. The summed E-state index contributed by atoms with van der Waals surface area (Å²) >= 11 is 0. The number of non-ortho nitro benzene ring substituents is 2. The second kappa shape index (κ2) is 7.20. The van der Waals surface area contributed by atoms with Gasteiger partial charge < -0.3 is 5.73 Å². The molecule has 0 amide bonds. The lowest BCUT2D eigenvalue weighted by molar-refractivity contribution is -0.394. The summed E-state index contributed by atoms with van der Waals surface area (Å²) in [6.45, 7) is 0. The monoisotopic (exact) mass is 358 g/mol. The van der Waals surface area contributed by atoms with Crippen LogP contribution in [0.1, 0.15) is 31.2 Å². The predicted molar refractivity (Wildman–Crippen MR) is 85.7 cm³/mol. The maximum absolute atomic E-state index is 12.3. The lowest BCUT2D eigenvalue weighted by Gasteiger charge is -2.29. The van der Waals surface area contributed by atoms with Crippen LogP contribution >= 0.6 is 0 Å². The lowest BCUT2D eigenvalue weighted by atomic mass is 9.92. The molecule has 1 fully saturated rings. The van der Waals surface area contributed by atoms with Gasteiger partial charge in [0.25, 0.3) is 11.4 Å². The minimum Gasteiger partial charge on any atom is -0.326 e. The average molecular weight is 358 g/mol. The van der Waals surface area contributed by atoms with Crippen molar-refractivity contribution in [3.8, 4) is 0 Å². The zero-order valence-electron chi connectivity index (χ0n) is 12.8. The van der Waals surface area contributed by atoms with Crippen molar-refractivity contribution in [3.05, 3.63) is 44.0 Å². The van der Waals surface area contributed by atoms with Gasteiger partial charge in [0.1, 0.15) is 0 Å². The van der Waals surface area contributed by atoms with Crippen LogP contribution in [0.2, 0.25) is 0 Å². The number of nitro benzene ring substituents is 2.